The van der Waals surface area contributed by atoms with Crippen LogP contribution in [0.2, 0.25) is 0 Å². The minimum Gasteiger partial charge on any atom is -0.477 e. The second kappa shape index (κ2) is 7.31. The molecule has 0 fully saturated rings. The second-order valence-electron chi connectivity index (χ2n) is 8.18. The molecule has 0 atom stereocenters. The van der Waals surface area contributed by atoms with Crippen LogP contribution >= 0.6 is 0 Å². The Morgan fingerprint density at radius 1 is 0.788 bits per heavy atom. The van der Waals surface area contributed by atoms with E-state index in [0.29, 0.717) is 17.5 Å². The van der Waals surface area contributed by atoms with Gasteiger partial charge in [0.2, 0.25) is 0 Å². The maximum Gasteiger partial charge on any atom is 0.354 e. The lowest BCUT2D eigenvalue weighted by molar-refractivity contribution is 0.0691. The Hall–Kier alpha value is -4.45. The first kappa shape index (κ1) is 19.3. The van der Waals surface area contributed by atoms with E-state index in [9.17, 15) is 9.90 Å². The number of hydrogen-bond donors (Lipinski definition) is 1. The molecule has 4 aromatic heterocycles. The van der Waals surface area contributed by atoms with Gasteiger partial charge in [-0.05, 0) is 42.3 Å². The molecule has 0 saturated heterocycles. The summed E-state index contributed by atoms with van der Waals surface area (Å²) in [6, 6.07) is 19.6. The van der Waals surface area contributed by atoms with Gasteiger partial charge in [-0.1, -0.05) is 36.4 Å². The van der Waals surface area contributed by atoms with Crippen molar-refractivity contribution in [3.05, 3.63) is 95.6 Å². The van der Waals surface area contributed by atoms with E-state index in [1.165, 1.54) is 6.07 Å². The number of benzene rings is 2. The van der Waals surface area contributed by atoms with Crippen molar-refractivity contribution in [3.8, 4) is 0 Å². The minimum atomic E-state index is -1.05. The Bertz CT molecular complexity index is 1740. The molecule has 6 rings (SSSR count). The van der Waals surface area contributed by atoms with E-state index in [2.05, 4.69) is 39.2 Å². The lowest BCUT2D eigenvalue weighted by atomic mass is 10.0. The summed E-state index contributed by atoms with van der Waals surface area (Å²) in [5.74, 6) is -1.05. The average Bonchev–Trinajstić information content (AvgIpc) is 2.84. The molecule has 0 radical (unpaired) electrons. The van der Waals surface area contributed by atoms with Gasteiger partial charge >= 0.3 is 5.97 Å². The van der Waals surface area contributed by atoms with Gasteiger partial charge in [-0.25, -0.2) is 9.78 Å². The first-order valence-electron chi connectivity index (χ1n) is 10.6. The number of nitrogens with zero attached hydrogens (tertiary/aromatic N) is 4. The fourth-order valence-electron chi connectivity index (χ4n) is 4.35. The Morgan fingerprint density at radius 2 is 1.45 bits per heavy atom. The zero-order valence-electron chi connectivity index (χ0n) is 17.8. The third kappa shape index (κ3) is 3.24. The lowest BCUT2D eigenvalue weighted by Gasteiger charge is -2.10. The molecule has 0 spiro atoms. The SMILES string of the molecule is Cc1nc2c(ccc3cccnc32)cc1Cc1cnc2c(ccc3ccc(C(=O)O)nc32)c1. The molecule has 2 aromatic carbocycles. The molecule has 0 aliphatic rings. The van der Waals surface area contributed by atoms with Crippen LogP contribution in [-0.2, 0) is 6.42 Å². The fourth-order valence-corrected chi connectivity index (χ4v) is 4.35. The van der Waals surface area contributed by atoms with Crippen LogP contribution in [0, 0.1) is 6.92 Å². The quantitative estimate of drug-likeness (QED) is 0.374. The van der Waals surface area contributed by atoms with E-state index >= 15 is 0 Å². The highest BCUT2D eigenvalue weighted by Crippen LogP contribution is 2.27. The van der Waals surface area contributed by atoms with E-state index in [1.807, 2.05) is 37.4 Å². The summed E-state index contributed by atoms with van der Waals surface area (Å²) in [7, 11) is 0. The number of fused-ring (bicyclic) bond motifs is 6. The third-order valence-electron chi connectivity index (χ3n) is 6.03. The van der Waals surface area contributed by atoms with Gasteiger partial charge in [-0.15, -0.1) is 0 Å². The zero-order valence-corrected chi connectivity index (χ0v) is 17.8. The van der Waals surface area contributed by atoms with Gasteiger partial charge in [0.1, 0.15) is 5.69 Å². The maximum atomic E-state index is 11.3. The van der Waals surface area contributed by atoms with Crippen molar-refractivity contribution in [2.45, 2.75) is 13.3 Å². The van der Waals surface area contributed by atoms with E-state index < -0.39 is 5.97 Å². The molecule has 0 aliphatic carbocycles. The predicted octanol–water partition coefficient (Wildman–Crippen LogP) is 5.48. The Balaban J connectivity index is 1.43. The van der Waals surface area contributed by atoms with E-state index in [1.54, 1.807) is 12.3 Å². The van der Waals surface area contributed by atoms with Crippen molar-refractivity contribution in [1.29, 1.82) is 0 Å². The summed E-state index contributed by atoms with van der Waals surface area (Å²) in [6.07, 6.45) is 4.33. The summed E-state index contributed by atoms with van der Waals surface area (Å²) in [6.45, 7) is 2.02. The van der Waals surface area contributed by atoms with Crippen LogP contribution in [0.25, 0.3) is 43.6 Å². The number of carboxylic acids is 1. The molecular formula is C27H18N4O2. The van der Waals surface area contributed by atoms with Gasteiger partial charge < -0.3 is 5.11 Å². The topological polar surface area (TPSA) is 88.9 Å². The summed E-state index contributed by atoms with van der Waals surface area (Å²) in [5, 5.41) is 13.2. The van der Waals surface area contributed by atoms with Crippen LogP contribution in [0.15, 0.2) is 73.1 Å². The average molecular weight is 430 g/mol. The van der Waals surface area contributed by atoms with Crippen LogP contribution in [0.3, 0.4) is 0 Å². The summed E-state index contributed by atoms with van der Waals surface area (Å²) in [4.78, 5) is 29.7. The number of aromatic nitrogens is 4. The van der Waals surface area contributed by atoms with Crippen LogP contribution in [0.5, 0.6) is 0 Å². The number of aromatic carboxylic acids is 1. The van der Waals surface area contributed by atoms with Crippen molar-refractivity contribution >= 4 is 49.6 Å². The van der Waals surface area contributed by atoms with Gasteiger partial charge in [0.05, 0.1) is 22.1 Å². The molecule has 0 unspecified atom stereocenters. The lowest BCUT2D eigenvalue weighted by Crippen LogP contribution is -2.00. The summed E-state index contributed by atoms with van der Waals surface area (Å²) < 4.78 is 0. The third-order valence-corrected chi connectivity index (χ3v) is 6.03. The first-order chi connectivity index (χ1) is 16.1. The first-order valence-corrected chi connectivity index (χ1v) is 10.6. The van der Waals surface area contributed by atoms with E-state index in [0.717, 1.165) is 49.4 Å². The maximum absolute atomic E-state index is 11.3. The highest BCUT2D eigenvalue weighted by Gasteiger charge is 2.12. The molecule has 6 nitrogen and oxygen atoms in total. The Morgan fingerprint density at radius 3 is 2.27 bits per heavy atom. The highest BCUT2D eigenvalue weighted by atomic mass is 16.4. The number of pyridine rings is 4. The molecule has 4 heterocycles. The largest absolute Gasteiger partial charge is 0.477 e. The molecule has 0 amide bonds. The fraction of sp³-hybridized carbons (Fsp3) is 0.0741. The standard InChI is InChI=1S/C27H18N4O2/c1-15-21(13-20-7-4-17-3-2-10-28-23(17)26(20)30-15)12-16-11-19-6-5-18-8-9-22(27(32)33)31-25(18)24(19)29-14-16/h2-11,13-14H,12H2,1H3,(H,32,33). The Labute approximate surface area is 188 Å². The normalized spacial score (nSPS) is 11.5. The Kier molecular flexibility index (Phi) is 4.26. The monoisotopic (exact) mass is 430 g/mol. The van der Waals surface area contributed by atoms with Crippen molar-refractivity contribution < 1.29 is 9.90 Å². The molecular weight excluding hydrogens is 412 g/mol. The van der Waals surface area contributed by atoms with Crippen LogP contribution < -0.4 is 0 Å². The van der Waals surface area contributed by atoms with Crippen LogP contribution in [0.1, 0.15) is 27.3 Å². The van der Waals surface area contributed by atoms with Gasteiger partial charge in [-0.2, -0.15) is 0 Å². The molecule has 0 bridgehead atoms. The van der Waals surface area contributed by atoms with Crippen molar-refractivity contribution in [2.24, 2.45) is 0 Å². The molecule has 33 heavy (non-hydrogen) atoms. The minimum absolute atomic E-state index is 0.0146. The van der Waals surface area contributed by atoms with Crippen molar-refractivity contribution in [1.82, 2.24) is 19.9 Å². The number of aryl methyl sites for hydroxylation is 1. The number of carbonyl (C=O) groups is 1. The molecule has 158 valence electrons. The number of hydrogen-bond acceptors (Lipinski definition) is 5. The molecule has 6 heteroatoms. The summed E-state index contributed by atoms with van der Waals surface area (Å²) in [5.41, 5.74) is 6.29. The molecule has 0 saturated carbocycles. The van der Waals surface area contributed by atoms with Crippen molar-refractivity contribution in [2.75, 3.05) is 0 Å². The van der Waals surface area contributed by atoms with Gasteiger partial charge in [0.15, 0.2) is 0 Å². The predicted molar refractivity (Wildman–Crippen MR) is 129 cm³/mol. The van der Waals surface area contributed by atoms with E-state index in [4.69, 9.17) is 4.98 Å². The van der Waals surface area contributed by atoms with Gasteiger partial charge in [-0.3, -0.25) is 15.0 Å². The molecule has 0 aliphatic heterocycles. The zero-order chi connectivity index (χ0) is 22.5. The second-order valence-corrected chi connectivity index (χ2v) is 8.18. The van der Waals surface area contributed by atoms with Crippen molar-refractivity contribution in [3.63, 3.8) is 0 Å². The molecule has 1 N–H and O–H groups in total. The highest BCUT2D eigenvalue weighted by molar-refractivity contribution is 6.04. The van der Waals surface area contributed by atoms with Crippen LogP contribution in [-0.4, -0.2) is 31.0 Å². The van der Waals surface area contributed by atoms with Gasteiger partial charge in [0, 0.05) is 46.1 Å². The number of rotatable bonds is 3. The summed E-state index contributed by atoms with van der Waals surface area (Å²) >= 11 is 0. The van der Waals surface area contributed by atoms with E-state index in [-0.39, 0.29) is 5.69 Å². The molecule has 6 aromatic rings. The van der Waals surface area contributed by atoms with Crippen LogP contribution in [0.4, 0.5) is 0 Å². The smallest absolute Gasteiger partial charge is 0.354 e. The number of carboxylic acid groups (broad SMARTS) is 1. The van der Waals surface area contributed by atoms with Gasteiger partial charge in [0.25, 0.3) is 0 Å².